The number of anilines is 3. The van der Waals surface area contributed by atoms with Gasteiger partial charge in [-0.15, -0.1) is 0 Å². The molecule has 190 valence electrons. The molecule has 1 spiro atoms. The van der Waals surface area contributed by atoms with Gasteiger partial charge in [0.15, 0.2) is 0 Å². The summed E-state index contributed by atoms with van der Waals surface area (Å²) in [5.74, 6) is 1.34. The van der Waals surface area contributed by atoms with E-state index in [0.29, 0.717) is 43.6 Å². The molecule has 2 aromatic rings. The summed E-state index contributed by atoms with van der Waals surface area (Å²) in [4.78, 5) is 44.4. The SMILES string of the molecule is O=C1NCC[C@@]12Cc1cnc(Nc3ccc(OCCN4CCCC4)nc3)nc1N(C1CCCC1)C2=O. The average molecular weight is 492 g/mol. The van der Waals surface area contributed by atoms with E-state index in [1.807, 2.05) is 12.1 Å². The molecule has 5 heterocycles. The van der Waals surface area contributed by atoms with E-state index in [-0.39, 0.29) is 17.9 Å². The summed E-state index contributed by atoms with van der Waals surface area (Å²) < 4.78 is 5.80. The molecule has 36 heavy (non-hydrogen) atoms. The lowest BCUT2D eigenvalue weighted by molar-refractivity contribution is -0.140. The van der Waals surface area contributed by atoms with Gasteiger partial charge in [-0.1, -0.05) is 12.8 Å². The van der Waals surface area contributed by atoms with Crippen molar-refractivity contribution in [2.75, 3.05) is 43.0 Å². The highest BCUT2D eigenvalue weighted by atomic mass is 16.5. The number of aromatic nitrogens is 3. The molecule has 10 nitrogen and oxygen atoms in total. The van der Waals surface area contributed by atoms with Gasteiger partial charge in [0.2, 0.25) is 23.6 Å². The quantitative estimate of drug-likeness (QED) is 0.568. The van der Waals surface area contributed by atoms with E-state index in [0.717, 1.165) is 56.6 Å². The first-order valence-corrected chi connectivity index (χ1v) is 13.2. The van der Waals surface area contributed by atoms with Crippen molar-refractivity contribution >= 4 is 29.3 Å². The Balaban J connectivity index is 1.18. The smallest absolute Gasteiger partial charge is 0.244 e. The van der Waals surface area contributed by atoms with Crippen molar-refractivity contribution in [1.82, 2.24) is 25.2 Å². The van der Waals surface area contributed by atoms with Crippen LogP contribution in [0.4, 0.5) is 17.5 Å². The van der Waals surface area contributed by atoms with Crippen molar-refractivity contribution in [3.63, 3.8) is 0 Å². The second-order valence-corrected chi connectivity index (χ2v) is 10.3. The first-order valence-electron chi connectivity index (χ1n) is 13.2. The van der Waals surface area contributed by atoms with Crippen LogP contribution in [0.25, 0.3) is 0 Å². The second kappa shape index (κ2) is 9.65. The van der Waals surface area contributed by atoms with Gasteiger partial charge in [-0.2, -0.15) is 4.98 Å². The topological polar surface area (TPSA) is 113 Å². The number of ether oxygens (including phenoxy) is 1. The van der Waals surface area contributed by atoms with Crippen LogP contribution in [0.5, 0.6) is 5.88 Å². The fourth-order valence-electron chi connectivity index (χ4n) is 6.02. The van der Waals surface area contributed by atoms with Gasteiger partial charge in [0.25, 0.3) is 0 Å². The number of carbonyl (C=O) groups excluding carboxylic acids is 2. The summed E-state index contributed by atoms with van der Waals surface area (Å²) in [5, 5.41) is 6.08. The predicted molar refractivity (Wildman–Crippen MR) is 134 cm³/mol. The summed E-state index contributed by atoms with van der Waals surface area (Å²) in [6.45, 7) is 4.38. The third kappa shape index (κ3) is 4.27. The zero-order valence-electron chi connectivity index (χ0n) is 20.5. The molecule has 2 N–H and O–H groups in total. The first-order chi connectivity index (χ1) is 17.6. The molecular weight excluding hydrogens is 458 g/mol. The number of pyridine rings is 1. The number of hydrogen-bond donors (Lipinski definition) is 2. The predicted octanol–water partition coefficient (Wildman–Crippen LogP) is 2.43. The van der Waals surface area contributed by atoms with Crippen LogP contribution in [-0.2, 0) is 16.0 Å². The van der Waals surface area contributed by atoms with Crippen molar-refractivity contribution in [2.45, 2.75) is 57.4 Å². The van der Waals surface area contributed by atoms with E-state index in [1.165, 1.54) is 12.8 Å². The van der Waals surface area contributed by atoms with E-state index in [1.54, 1.807) is 17.3 Å². The van der Waals surface area contributed by atoms with Gasteiger partial charge in [0.05, 0.1) is 11.9 Å². The van der Waals surface area contributed by atoms with Gasteiger partial charge in [0, 0.05) is 43.4 Å². The molecule has 6 rings (SSSR count). The third-order valence-electron chi connectivity index (χ3n) is 8.00. The van der Waals surface area contributed by atoms with Crippen LogP contribution in [0, 0.1) is 5.41 Å². The molecule has 3 fully saturated rings. The van der Waals surface area contributed by atoms with E-state index in [4.69, 9.17) is 9.72 Å². The highest BCUT2D eigenvalue weighted by Gasteiger charge is 2.56. The third-order valence-corrected chi connectivity index (χ3v) is 8.00. The molecule has 0 aromatic carbocycles. The van der Waals surface area contributed by atoms with Crippen LogP contribution < -0.4 is 20.3 Å². The van der Waals surface area contributed by atoms with Crippen LogP contribution in [-0.4, -0.2) is 70.5 Å². The number of hydrogen-bond acceptors (Lipinski definition) is 8. The van der Waals surface area contributed by atoms with Crippen molar-refractivity contribution in [1.29, 1.82) is 0 Å². The minimum atomic E-state index is -1.03. The molecule has 1 atom stereocenters. The fraction of sp³-hybridized carbons (Fsp3) is 0.577. The Kier molecular flexibility index (Phi) is 6.20. The van der Waals surface area contributed by atoms with Crippen LogP contribution in [0.3, 0.4) is 0 Å². The van der Waals surface area contributed by atoms with Gasteiger partial charge in [-0.05, 0) is 51.3 Å². The highest BCUT2D eigenvalue weighted by molar-refractivity contribution is 6.14. The maximum atomic E-state index is 13.7. The summed E-state index contributed by atoms with van der Waals surface area (Å²) >= 11 is 0. The van der Waals surface area contributed by atoms with Gasteiger partial charge >= 0.3 is 0 Å². The molecule has 4 aliphatic rings. The van der Waals surface area contributed by atoms with Crippen LogP contribution >= 0.6 is 0 Å². The molecule has 0 unspecified atom stereocenters. The Labute approximate surface area is 210 Å². The minimum Gasteiger partial charge on any atom is -0.476 e. The van der Waals surface area contributed by atoms with E-state index >= 15 is 0 Å². The number of likely N-dealkylation sites (tertiary alicyclic amines) is 1. The summed E-state index contributed by atoms with van der Waals surface area (Å²) in [5.41, 5.74) is 0.564. The monoisotopic (exact) mass is 491 g/mol. The Morgan fingerprint density at radius 3 is 2.64 bits per heavy atom. The lowest BCUT2D eigenvalue weighted by atomic mass is 9.76. The van der Waals surface area contributed by atoms with Gasteiger partial charge in [-0.3, -0.25) is 19.4 Å². The van der Waals surface area contributed by atoms with Crippen molar-refractivity contribution in [2.24, 2.45) is 5.41 Å². The molecule has 2 saturated heterocycles. The number of rotatable bonds is 7. The molecular formula is C26H33N7O3. The van der Waals surface area contributed by atoms with Crippen molar-refractivity contribution in [3.8, 4) is 5.88 Å². The Bertz CT molecular complexity index is 1130. The first kappa shape index (κ1) is 23.1. The Morgan fingerprint density at radius 1 is 1.08 bits per heavy atom. The van der Waals surface area contributed by atoms with E-state index < -0.39 is 5.41 Å². The molecule has 10 heteroatoms. The van der Waals surface area contributed by atoms with E-state index in [2.05, 4.69) is 25.5 Å². The van der Waals surface area contributed by atoms with Crippen molar-refractivity contribution in [3.05, 3.63) is 30.1 Å². The molecule has 2 aromatic heterocycles. The molecule has 1 aliphatic carbocycles. The van der Waals surface area contributed by atoms with Crippen LogP contribution in [0.2, 0.25) is 0 Å². The number of nitrogens with zero attached hydrogens (tertiary/aromatic N) is 5. The second-order valence-electron chi connectivity index (χ2n) is 10.3. The summed E-state index contributed by atoms with van der Waals surface area (Å²) in [6.07, 6.45) is 10.9. The number of amides is 2. The lowest BCUT2D eigenvalue weighted by Gasteiger charge is -2.40. The maximum Gasteiger partial charge on any atom is 0.244 e. The standard InChI is InChI=1S/C26H33N7O3/c34-23-26(9-10-27-23)15-18-16-29-25(31-22(18)33(24(26)35)20-5-1-2-6-20)30-19-7-8-21(28-17-19)36-14-13-32-11-3-4-12-32/h7-8,16-17,20H,1-6,9-15H2,(H,27,34)(H,29,30,31)/t26-/m1/s1. The zero-order valence-corrected chi connectivity index (χ0v) is 20.5. The molecule has 0 bridgehead atoms. The molecule has 2 amide bonds. The molecule has 3 aliphatic heterocycles. The normalized spacial score (nSPS) is 24.4. The number of fused-ring (bicyclic) bond motifs is 1. The molecule has 0 radical (unpaired) electrons. The minimum absolute atomic E-state index is 0.0724. The summed E-state index contributed by atoms with van der Waals surface area (Å²) in [7, 11) is 0. The Hall–Kier alpha value is -3.27. The lowest BCUT2D eigenvalue weighted by Crippen LogP contribution is -2.56. The van der Waals surface area contributed by atoms with Crippen LogP contribution in [0.1, 0.15) is 50.5 Å². The average Bonchev–Trinajstić information content (AvgIpc) is 3.66. The van der Waals surface area contributed by atoms with Crippen molar-refractivity contribution < 1.29 is 14.3 Å². The maximum absolute atomic E-state index is 13.7. The molecule has 1 saturated carbocycles. The Morgan fingerprint density at radius 2 is 1.92 bits per heavy atom. The highest BCUT2D eigenvalue weighted by Crippen LogP contribution is 2.44. The number of nitrogens with one attached hydrogen (secondary N) is 2. The summed E-state index contributed by atoms with van der Waals surface area (Å²) in [6, 6.07) is 3.79. The van der Waals surface area contributed by atoms with E-state index in [9.17, 15) is 9.59 Å². The largest absolute Gasteiger partial charge is 0.476 e. The van der Waals surface area contributed by atoms with Crippen LogP contribution in [0.15, 0.2) is 24.5 Å². The van der Waals surface area contributed by atoms with Gasteiger partial charge in [0.1, 0.15) is 17.8 Å². The van der Waals surface area contributed by atoms with Gasteiger partial charge < -0.3 is 15.4 Å². The number of carbonyl (C=O) groups is 2. The fourth-order valence-corrected chi connectivity index (χ4v) is 6.02. The van der Waals surface area contributed by atoms with Gasteiger partial charge in [-0.25, -0.2) is 9.97 Å². The zero-order chi connectivity index (χ0) is 24.5.